The van der Waals surface area contributed by atoms with Gasteiger partial charge in [-0.1, -0.05) is 12.1 Å². The van der Waals surface area contributed by atoms with Gasteiger partial charge in [0.05, 0.1) is 31.6 Å². The van der Waals surface area contributed by atoms with Gasteiger partial charge in [0.1, 0.15) is 5.69 Å². The fourth-order valence-corrected chi connectivity index (χ4v) is 4.24. The number of fused-ring (bicyclic) bond motifs is 3. The summed E-state index contributed by atoms with van der Waals surface area (Å²) in [5.74, 6) is 1.06. The second-order valence-corrected chi connectivity index (χ2v) is 9.36. The Morgan fingerprint density at radius 3 is 2.94 bits per heavy atom. The number of carbonyl (C=O) groups excluding carboxylic acids is 2. The van der Waals surface area contributed by atoms with Crippen LogP contribution in [0.1, 0.15) is 32.4 Å². The number of ether oxygens (including phenoxy) is 3. The molecule has 2 aromatic rings. The van der Waals surface area contributed by atoms with Crippen LogP contribution in [0, 0.1) is 5.92 Å². The first-order chi connectivity index (χ1) is 17.3. The van der Waals surface area contributed by atoms with E-state index in [-0.39, 0.29) is 50.4 Å². The predicted octanol–water partition coefficient (Wildman–Crippen LogP) is 1.70. The molecule has 0 fully saturated rings. The SMILES string of the molecule is C[C@@H]1CN([C@H](C)CO)C(=O)CCCn2cc(nn2)CO[C@@H]1CN(C)C(=O)Nc1ccc2c(c1)OCO2. The molecule has 3 atom stereocenters. The summed E-state index contributed by atoms with van der Waals surface area (Å²) in [6.07, 6.45) is 2.38. The van der Waals surface area contributed by atoms with Crippen molar-refractivity contribution < 1.29 is 28.9 Å². The number of aliphatic hydroxyl groups excluding tert-OH is 1. The molecule has 2 N–H and O–H groups in total. The molecule has 0 spiro atoms. The third kappa shape index (κ3) is 6.24. The standard InChI is InChI=1S/C24H34N6O6/c1-16-10-30(17(2)13-31)23(32)5-4-8-29-11-19(26-27-29)14-34-22(16)12-28(3)24(33)25-18-6-7-20-21(9-18)36-15-35-20/h6-7,9,11,16-17,22,31H,4-5,8,10,12-15H2,1-3H3,(H,25,33)/t16-,17-,22-/m1/s1. The quantitative estimate of drug-likeness (QED) is 0.632. The molecule has 1 aromatic carbocycles. The molecule has 12 heteroatoms. The Hall–Kier alpha value is -3.38. The van der Waals surface area contributed by atoms with Crippen molar-refractivity contribution in [3.8, 4) is 11.5 Å². The van der Waals surface area contributed by atoms with Gasteiger partial charge < -0.3 is 34.4 Å². The van der Waals surface area contributed by atoms with Crippen molar-refractivity contribution in [2.75, 3.05) is 38.9 Å². The summed E-state index contributed by atoms with van der Waals surface area (Å²) in [5.41, 5.74) is 1.27. The average Bonchev–Trinajstić information content (AvgIpc) is 3.52. The Balaban J connectivity index is 1.47. The summed E-state index contributed by atoms with van der Waals surface area (Å²) in [6, 6.07) is 4.58. The number of hydrogen-bond donors (Lipinski definition) is 2. The van der Waals surface area contributed by atoms with E-state index in [1.807, 2.05) is 20.0 Å². The maximum Gasteiger partial charge on any atom is 0.321 e. The van der Waals surface area contributed by atoms with Crippen LogP contribution in [0.15, 0.2) is 24.4 Å². The Morgan fingerprint density at radius 1 is 1.33 bits per heavy atom. The van der Waals surface area contributed by atoms with Gasteiger partial charge in [-0.3, -0.25) is 9.48 Å². The summed E-state index contributed by atoms with van der Waals surface area (Å²) < 4.78 is 18.6. The van der Waals surface area contributed by atoms with Crippen LogP contribution in [0.5, 0.6) is 11.5 Å². The lowest BCUT2D eigenvalue weighted by Crippen LogP contribution is -2.48. The molecular formula is C24H34N6O6. The van der Waals surface area contributed by atoms with Crippen LogP contribution in [-0.4, -0.2) is 87.5 Å². The number of amides is 3. The maximum absolute atomic E-state index is 13.0. The van der Waals surface area contributed by atoms with Gasteiger partial charge in [0, 0.05) is 50.8 Å². The molecule has 196 valence electrons. The molecule has 0 aliphatic carbocycles. The largest absolute Gasteiger partial charge is 0.454 e. The van der Waals surface area contributed by atoms with Crippen LogP contribution in [0.4, 0.5) is 10.5 Å². The van der Waals surface area contributed by atoms with Gasteiger partial charge in [-0.2, -0.15) is 0 Å². The van der Waals surface area contributed by atoms with Crippen LogP contribution < -0.4 is 14.8 Å². The van der Waals surface area contributed by atoms with Gasteiger partial charge >= 0.3 is 6.03 Å². The molecule has 3 heterocycles. The molecule has 12 nitrogen and oxygen atoms in total. The Kier molecular flexibility index (Phi) is 8.26. The summed E-state index contributed by atoms with van der Waals surface area (Å²) >= 11 is 0. The number of carbonyl (C=O) groups is 2. The minimum absolute atomic E-state index is 0.0318. The number of aromatic nitrogens is 3. The minimum Gasteiger partial charge on any atom is -0.454 e. The summed E-state index contributed by atoms with van der Waals surface area (Å²) in [6.45, 7) is 5.31. The van der Waals surface area contributed by atoms with Gasteiger partial charge in [0.25, 0.3) is 0 Å². The summed E-state index contributed by atoms with van der Waals surface area (Å²) in [7, 11) is 1.69. The van der Waals surface area contributed by atoms with Crippen molar-refractivity contribution in [3.63, 3.8) is 0 Å². The van der Waals surface area contributed by atoms with E-state index in [9.17, 15) is 14.7 Å². The molecule has 0 saturated carbocycles. The second kappa shape index (κ2) is 11.6. The molecule has 3 amide bonds. The number of nitrogens with zero attached hydrogens (tertiary/aromatic N) is 5. The molecule has 0 unspecified atom stereocenters. The van der Waals surface area contributed by atoms with Crippen molar-refractivity contribution >= 4 is 17.6 Å². The van der Waals surface area contributed by atoms with Gasteiger partial charge in [-0.15, -0.1) is 5.10 Å². The summed E-state index contributed by atoms with van der Waals surface area (Å²) in [4.78, 5) is 29.2. The van der Waals surface area contributed by atoms with Gasteiger partial charge in [0.15, 0.2) is 11.5 Å². The third-order valence-electron chi connectivity index (χ3n) is 6.47. The van der Waals surface area contributed by atoms with Crippen LogP contribution in [0.2, 0.25) is 0 Å². The van der Waals surface area contributed by atoms with Gasteiger partial charge in [-0.25, -0.2) is 4.79 Å². The zero-order chi connectivity index (χ0) is 25.7. The number of urea groups is 1. The number of likely N-dealkylation sites (N-methyl/N-ethyl adjacent to an activating group) is 1. The fourth-order valence-electron chi connectivity index (χ4n) is 4.24. The van der Waals surface area contributed by atoms with Crippen molar-refractivity contribution in [2.45, 2.75) is 52.0 Å². The fraction of sp³-hybridized carbons (Fsp3) is 0.583. The molecule has 2 aliphatic rings. The predicted molar refractivity (Wildman–Crippen MR) is 129 cm³/mol. The van der Waals surface area contributed by atoms with Crippen LogP contribution >= 0.6 is 0 Å². The Labute approximate surface area is 210 Å². The highest BCUT2D eigenvalue weighted by Gasteiger charge is 2.29. The normalized spacial score (nSPS) is 21.2. The minimum atomic E-state index is -0.399. The highest BCUT2D eigenvalue weighted by atomic mass is 16.7. The third-order valence-corrected chi connectivity index (χ3v) is 6.47. The monoisotopic (exact) mass is 502 g/mol. The zero-order valence-corrected chi connectivity index (χ0v) is 20.9. The van der Waals surface area contributed by atoms with Crippen LogP contribution in [-0.2, 0) is 22.7 Å². The highest BCUT2D eigenvalue weighted by molar-refractivity contribution is 5.89. The van der Waals surface area contributed by atoms with Gasteiger partial charge in [-0.05, 0) is 25.5 Å². The van der Waals surface area contributed by atoms with Crippen LogP contribution in [0.25, 0.3) is 0 Å². The molecule has 2 bridgehead atoms. The molecular weight excluding hydrogens is 468 g/mol. The molecule has 0 radical (unpaired) electrons. The van der Waals surface area contributed by atoms with E-state index < -0.39 is 6.10 Å². The van der Waals surface area contributed by atoms with Gasteiger partial charge in [0.2, 0.25) is 12.7 Å². The van der Waals surface area contributed by atoms with Crippen LogP contribution in [0.3, 0.4) is 0 Å². The topological polar surface area (TPSA) is 131 Å². The first-order valence-electron chi connectivity index (χ1n) is 12.2. The lowest BCUT2D eigenvalue weighted by Gasteiger charge is -2.35. The van der Waals surface area contributed by atoms with E-state index in [2.05, 4.69) is 15.6 Å². The lowest BCUT2D eigenvalue weighted by atomic mass is 10.0. The van der Waals surface area contributed by atoms with E-state index in [1.54, 1.807) is 39.7 Å². The van der Waals surface area contributed by atoms with Crippen molar-refractivity contribution in [2.24, 2.45) is 5.92 Å². The van der Waals surface area contributed by atoms with Crippen molar-refractivity contribution in [3.05, 3.63) is 30.1 Å². The number of nitrogens with one attached hydrogen (secondary N) is 1. The number of hydrogen-bond acceptors (Lipinski definition) is 8. The number of aliphatic hydroxyl groups is 1. The second-order valence-electron chi connectivity index (χ2n) is 9.36. The molecule has 4 rings (SSSR count). The van der Waals surface area contributed by atoms with Crippen molar-refractivity contribution in [1.29, 1.82) is 0 Å². The average molecular weight is 503 g/mol. The maximum atomic E-state index is 13.0. The molecule has 36 heavy (non-hydrogen) atoms. The number of anilines is 1. The van der Waals surface area contributed by atoms with E-state index in [0.29, 0.717) is 48.8 Å². The Morgan fingerprint density at radius 2 is 2.14 bits per heavy atom. The first kappa shape index (κ1) is 25.7. The zero-order valence-electron chi connectivity index (χ0n) is 20.9. The first-order valence-corrected chi connectivity index (χ1v) is 12.2. The van der Waals surface area contributed by atoms with E-state index in [4.69, 9.17) is 14.2 Å². The van der Waals surface area contributed by atoms with Crippen molar-refractivity contribution in [1.82, 2.24) is 24.8 Å². The number of aryl methyl sites for hydroxylation is 1. The molecule has 2 aliphatic heterocycles. The summed E-state index contributed by atoms with van der Waals surface area (Å²) in [5, 5.41) is 20.9. The van der Waals surface area contributed by atoms with E-state index >= 15 is 0 Å². The smallest absolute Gasteiger partial charge is 0.321 e. The van der Waals surface area contributed by atoms with E-state index in [0.717, 1.165) is 0 Å². The molecule has 0 saturated heterocycles. The lowest BCUT2D eigenvalue weighted by molar-refractivity contribution is -0.136. The molecule has 1 aromatic heterocycles. The highest BCUT2D eigenvalue weighted by Crippen LogP contribution is 2.34. The number of benzene rings is 1. The number of rotatable bonds is 5. The van der Waals surface area contributed by atoms with E-state index in [1.165, 1.54) is 0 Å². The Bertz CT molecular complexity index is 1060.